The largest absolute Gasteiger partial charge is 0.396 e. The van der Waals surface area contributed by atoms with Crippen molar-refractivity contribution in [1.29, 1.82) is 0 Å². The number of aliphatic hydroxyl groups is 8. The van der Waals surface area contributed by atoms with Gasteiger partial charge in [-0.2, -0.15) is 0 Å². The Balaban J connectivity index is 4.68. The summed E-state index contributed by atoms with van der Waals surface area (Å²) in [6.45, 7) is -2.48. The number of aliphatic hydroxyl groups excluding tert-OH is 5. The predicted molar refractivity (Wildman–Crippen MR) is 49.7 cm³/mol. The smallest absolute Gasteiger partial charge is 0.277 e. The van der Waals surface area contributed by atoms with E-state index in [2.05, 4.69) is 0 Å². The first-order valence-electron chi connectivity index (χ1n) is 4.58. The van der Waals surface area contributed by atoms with E-state index in [0.717, 1.165) is 0 Å². The lowest BCUT2D eigenvalue weighted by molar-refractivity contribution is -0.328. The summed E-state index contributed by atoms with van der Waals surface area (Å²) in [5.41, 5.74) is -1.79. The summed E-state index contributed by atoms with van der Waals surface area (Å²) in [4.78, 5) is 0. The fourth-order valence-corrected chi connectivity index (χ4v) is 1.23. The third-order valence-corrected chi connectivity index (χ3v) is 2.42. The van der Waals surface area contributed by atoms with Gasteiger partial charge in [0.1, 0.15) is 0 Å². The number of rotatable bonds is 7. The van der Waals surface area contributed by atoms with Gasteiger partial charge >= 0.3 is 0 Å². The quantitative estimate of drug-likeness (QED) is 0.208. The molecule has 0 aliphatic heterocycles. The Hall–Kier alpha value is -0.320. The second-order valence-corrected chi connectivity index (χ2v) is 3.83. The van der Waals surface area contributed by atoms with Crippen LogP contribution >= 0.6 is 0 Å². The van der Waals surface area contributed by atoms with Crippen LogP contribution in [0.2, 0.25) is 0 Å². The Morgan fingerprint density at radius 3 is 1.44 bits per heavy atom. The fraction of sp³-hybridized carbons (Fsp3) is 1.00. The van der Waals surface area contributed by atoms with Crippen molar-refractivity contribution in [3.8, 4) is 0 Å². The number of hydrogen-bond donors (Lipinski definition) is 8. The molecule has 0 rings (SSSR count). The molecule has 16 heavy (non-hydrogen) atoms. The summed E-state index contributed by atoms with van der Waals surface area (Å²) in [6.07, 6.45) is -4.69. The molecule has 0 amide bonds. The Kier molecular flexibility index (Phi) is 5.73. The maximum absolute atomic E-state index is 9.53. The van der Waals surface area contributed by atoms with Crippen molar-refractivity contribution in [3.63, 3.8) is 0 Å². The molecule has 8 N–H and O–H groups in total. The van der Waals surface area contributed by atoms with Gasteiger partial charge in [0.25, 0.3) is 5.97 Å². The first-order valence-corrected chi connectivity index (χ1v) is 4.58. The number of hydrogen-bond acceptors (Lipinski definition) is 8. The van der Waals surface area contributed by atoms with Crippen molar-refractivity contribution in [2.45, 2.75) is 24.6 Å². The van der Waals surface area contributed by atoms with Gasteiger partial charge in [-0.25, -0.2) is 0 Å². The molecule has 0 aromatic carbocycles. The molecule has 8 heteroatoms. The van der Waals surface area contributed by atoms with Crippen molar-refractivity contribution in [2.24, 2.45) is 5.41 Å². The minimum absolute atomic E-state index is 0.826. The maximum atomic E-state index is 9.53. The van der Waals surface area contributed by atoms with Crippen LogP contribution in [0.3, 0.4) is 0 Å². The maximum Gasteiger partial charge on any atom is 0.277 e. The minimum Gasteiger partial charge on any atom is -0.396 e. The molecule has 0 aliphatic rings. The highest BCUT2D eigenvalue weighted by Gasteiger charge is 2.42. The van der Waals surface area contributed by atoms with E-state index < -0.39 is 49.8 Å². The minimum atomic E-state index is -3.19. The Bertz CT molecular complexity index is 188. The summed E-state index contributed by atoms with van der Waals surface area (Å²) in [5, 5.41) is 71.3. The summed E-state index contributed by atoms with van der Waals surface area (Å²) in [6, 6.07) is 0. The molecule has 0 aromatic heterocycles. The zero-order valence-electron chi connectivity index (χ0n) is 8.56. The van der Waals surface area contributed by atoms with Crippen molar-refractivity contribution in [2.75, 3.05) is 19.8 Å². The molecule has 2 unspecified atom stereocenters. The van der Waals surface area contributed by atoms with Crippen LogP contribution in [0.5, 0.6) is 0 Å². The lowest BCUT2D eigenvalue weighted by atomic mass is 9.80. The van der Waals surface area contributed by atoms with Gasteiger partial charge in [-0.05, 0) is 0 Å². The SMILES string of the molecule is OCC(CO)(CO)C(O)C(O)CC(O)(O)O. The molecule has 0 fully saturated rings. The molecule has 0 saturated heterocycles. The highest BCUT2D eigenvalue weighted by Crippen LogP contribution is 2.25. The molecule has 98 valence electrons. The molecule has 0 heterocycles. The van der Waals surface area contributed by atoms with Crippen LogP contribution in [0.15, 0.2) is 0 Å². The zero-order valence-corrected chi connectivity index (χ0v) is 8.56. The first-order chi connectivity index (χ1) is 7.22. The molecule has 0 spiro atoms. The molecule has 0 bridgehead atoms. The van der Waals surface area contributed by atoms with Gasteiger partial charge in [0.05, 0.1) is 43.9 Å². The lowest BCUT2D eigenvalue weighted by Gasteiger charge is -2.36. The van der Waals surface area contributed by atoms with Crippen LogP contribution in [-0.4, -0.2) is 78.9 Å². The van der Waals surface area contributed by atoms with Gasteiger partial charge in [-0.15, -0.1) is 0 Å². The monoisotopic (exact) mass is 242 g/mol. The second kappa shape index (κ2) is 5.84. The molecular weight excluding hydrogens is 224 g/mol. The Morgan fingerprint density at radius 2 is 1.19 bits per heavy atom. The van der Waals surface area contributed by atoms with Gasteiger partial charge in [0.2, 0.25) is 0 Å². The lowest BCUT2D eigenvalue weighted by Crippen LogP contribution is -2.52. The first kappa shape index (κ1) is 15.7. The summed E-state index contributed by atoms with van der Waals surface area (Å²) in [5.74, 6) is -3.19. The summed E-state index contributed by atoms with van der Waals surface area (Å²) >= 11 is 0. The van der Waals surface area contributed by atoms with Crippen molar-refractivity contribution in [3.05, 3.63) is 0 Å². The van der Waals surface area contributed by atoms with Gasteiger partial charge in [-0.3, -0.25) is 0 Å². The average Bonchev–Trinajstić information content (AvgIpc) is 2.18. The van der Waals surface area contributed by atoms with Crippen LogP contribution in [0.4, 0.5) is 0 Å². The van der Waals surface area contributed by atoms with Crippen molar-refractivity contribution >= 4 is 0 Å². The molecule has 0 aromatic rings. The van der Waals surface area contributed by atoms with E-state index in [1.165, 1.54) is 0 Å². The normalized spacial score (nSPS) is 17.2. The molecule has 0 aliphatic carbocycles. The van der Waals surface area contributed by atoms with E-state index in [4.69, 9.17) is 30.6 Å². The van der Waals surface area contributed by atoms with E-state index in [9.17, 15) is 10.2 Å². The molecular formula is C8H18O8. The van der Waals surface area contributed by atoms with E-state index in [0.29, 0.717) is 0 Å². The molecule has 8 nitrogen and oxygen atoms in total. The zero-order chi connectivity index (χ0) is 13.0. The predicted octanol–water partition coefficient (Wildman–Crippen LogP) is -4.31. The van der Waals surface area contributed by atoms with Crippen molar-refractivity contribution in [1.82, 2.24) is 0 Å². The average molecular weight is 242 g/mol. The highest BCUT2D eigenvalue weighted by molar-refractivity contribution is 4.90. The summed E-state index contributed by atoms with van der Waals surface area (Å²) < 4.78 is 0. The van der Waals surface area contributed by atoms with Crippen LogP contribution < -0.4 is 0 Å². The summed E-state index contributed by atoms with van der Waals surface area (Å²) in [7, 11) is 0. The Labute approximate surface area is 91.6 Å². The standard InChI is InChI=1S/C8H18O8/c9-2-7(3-10,4-11)6(13)5(12)1-8(14,15)16/h5-6,9-16H,1-4H2. The fourth-order valence-electron chi connectivity index (χ4n) is 1.23. The third kappa shape index (κ3) is 3.92. The molecule has 2 atom stereocenters. The topological polar surface area (TPSA) is 162 Å². The molecule has 0 radical (unpaired) electrons. The van der Waals surface area contributed by atoms with E-state index >= 15 is 0 Å². The Morgan fingerprint density at radius 1 is 0.812 bits per heavy atom. The molecule has 0 saturated carbocycles. The van der Waals surface area contributed by atoms with Gasteiger partial charge in [0, 0.05) is 0 Å². The van der Waals surface area contributed by atoms with Crippen LogP contribution in [0, 0.1) is 5.41 Å². The third-order valence-electron chi connectivity index (χ3n) is 2.42. The van der Waals surface area contributed by atoms with E-state index in [1.54, 1.807) is 0 Å². The van der Waals surface area contributed by atoms with E-state index in [1.807, 2.05) is 0 Å². The van der Waals surface area contributed by atoms with Crippen LogP contribution in [0.25, 0.3) is 0 Å². The van der Waals surface area contributed by atoms with Crippen LogP contribution in [0.1, 0.15) is 6.42 Å². The van der Waals surface area contributed by atoms with E-state index in [-0.39, 0.29) is 0 Å². The second-order valence-electron chi connectivity index (χ2n) is 3.83. The van der Waals surface area contributed by atoms with Gasteiger partial charge in [0.15, 0.2) is 0 Å². The van der Waals surface area contributed by atoms with Gasteiger partial charge in [-0.1, -0.05) is 0 Å². The van der Waals surface area contributed by atoms with Crippen molar-refractivity contribution < 1.29 is 40.9 Å². The van der Waals surface area contributed by atoms with Crippen LogP contribution in [-0.2, 0) is 0 Å². The van der Waals surface area contributed by atoms with Gasteiger partial charge < -0.3 is 40.9 Å². The highest BCUT2D eigenvalue weighted by atomic mass is 16.7.